The molecule has 0 aromatic rings. The van der Waals surface area contributed by atoms with Gasteiger partial charge in [-0.25, -0.2) is 0 Å². The van der Waals surface area contributed by atoms with Crippen molar-refractivity contribution >= 4 is 11.8 Å². The maximum absolute atomic E-state index is 12.7. The lowest BCUT2D eigenvalue weighted by Crippen LogP contribution is -2.45. The SMILES string of the molecule is CC(C)NCNCNCNCCC(=O)NCC(=O)N1C[C@H](OC(C)C)C[C@H]1COC(C)C. The first-order valence-corrected chi connectivity index (χ1v) is 11.9. The van der Waals surface area contributed by atoms with E-state index in [0.29, 0.717) is 45.5 Å². The van der Waals surface area contributed by atoms with Gasteiger partial charge in [0.05, 0.1) is 37.5 Å². The third-order valence-corrected chi connectivity index (χ3v) is 4.88. The summed E-state index contributed by atoms with van der Waals surface area (Å²) in [4.78, 5) is 26.6. The second-order valence-electron chi connectivity index (χ2n) is 9.04. The summed E-state index contributed by atoms with van der Waals surface area (Å²) < 4.78 is 11.7. The molecule has 5 N–H and O–H groups in total. The number of likely N-dealkylation sites (tertiary alicyclic amines) is 1. The lowest BCUT2D eigenvalue weighted by Gasteiger charge is -2.25. The number of rotatable bonds is 17. The number of nitrogens with one attached hydrogen (secondary N) is 5. The molecule has 2 amide bonds. The van der Waals surface area contributed by atoms with Crippen LogP contribution in [0.25, 0.3) is 0 Å². The molecule has 10 nitrogen and oxygen atoms in total. The second kappa shape index (κ2) is 16.3. The smallest absolute Gasteiger partial charge is 0.242 e. The van der Waals surface area contributed by atoms with E-state index in [4.69, 9.17) is 9.47 Å². The Bertz CT molecular complexity index is 533. The number of carbonyl (C=O) groups is 2. The highest BCUT2D eigenvalue weighted by molar-refractivity contribution is 5.85. The fraction of sp³-hybridized carbons (Fsp3) is 0.909. The molecule has 0 saturated carbocycles. The summed E-state index contributed by atoms with van der Waals surface area (Å²) in [6.07, 6.45) is 1.28. The number of carbonyl (C=O) groups excluding carboxylic acids is 2. The van der Waals surface area contributed by atoms with Gasteiger partial charge in [-0.15, -0.1) is 0 Å². The summed E-state index contributed by atoms with van der Waals surface area (Å²) in [6, 6.07) is 0.424. The molecule has 0 aromatic carbocycles. The lowest BCUT2D eigenvalue weighted by atomic mass is 10.2. The van der Waals surface area contributed by atoms with Crippen LogP contribution >= 0.6 is 0 Å². The quantitative estimate of drug-likeness (QED) is 0.152. The van der Waals surface area contributed by atoms with Crippen molar-refractivity contribution in [3.63, 3.8) is 0 Å². The van der Waals surface area contributed by atoms with Crippen LogP contribution in [0.3, 0.4) is 0 Å². The summed E-state index contributed by atoms with van der Waals surface area (Å²) in [7, 11) is 0. The van der Waals surface area contributed by atoms with Crippen LogP contribution in [0.2, 0.25) is 0 Å². The second-order valence-corrected chi connectivity index (χ2v) is 9.04. The Hall–Kier alpha value is -1.30. The summed E-state index contributed by atoms with van der Waals surface area (Å²) in [5.74, 6) is -0.240. The van der Waals surface area contributed by atoms with E-state index in [1.165, 1.54) is 0 Å². The number of ether oxygens (including phenoxy) is 2. The molecular formula is C22H46N6O4. The van der Waals surface area contributed by atoms with E-state index in [1.807, 2.05) is 27.7 Å². The van der Waals surface area contributed by atoms with Gasteiger partial charge in [-0.05, 0) is 48.0 Å². The van der Waals surface area contributed by atoms with Gasteiger partial charge in [0.1, 0.15) is 0 Å². The molecule has 1 heterocycles. The zero-order valence-corrected chi connectivity index (χ0v) is 20.8. The summed E-state index contributed by atoms with van der Waals surface area (Å²) in [5.41, 5.74) is 0. The average Bonchev–Trinajstić information content (AvgIpc) is 3.10. The number of hydrogen-bond acceptors (Lipinski definition) is 8. The van der Waals surface area contributed by atoms with Crippen molar-refractivity contribution in [3.05, 3.63) is 0 Å². The maximum Gasteiger partial charge on any atom is 0.242 e. The molecule has 10 heteroatoms. The summed E-state index contributed by atoms with van der Waals surface area (Å²) in [5, 5.41) is 15.5. The molecule has 0 aliphatic carbocycles. The largest absolute Gasteiger partial charge is 0.377 e. The Kier molecular flexibility index (Phi) is 14.7. The van der Waals surface area contributed by atoms with E-state index in [9.17, 15) is 9.59 Å². The first kappa shape index (κ1) is 28.7. The molecule has 1 aliphatic rings. The van der Waals surface area contributed by atoms with Crippen molar-refractivity contribution in [3.8, 4) is 0 Å². The highest BCUT2D eigenvalue weighted by Crippen LogP contribution is 2.22. The third kappa shape index (κ3) is 13.3. The van der Waals surface area contributed by atoms with Crippen LogP contribution in [0, 0.1) is 0 Å². The van der Waals surface area contributed by atoms with Crippen molar-refractivity contribution in [2.24, 2.45) is 0 Å². The first-order chi connectivity index (χ1) is 15.2. The summed E-state index contributed by atoms with van der Waals surface area (Å²) >= 11 is 0. The molecule has 2 atom stereocenters. The number of amides is 2. The molecule has 1 saturated heterocycles. The zero-order chi connectivity index (χ0) is 23.9. The Balaban J connectivity index is 2.23. The van der Waals surface area contributed by atoms with Gasteiger partial charge in [0, 0.05) is 45.6 Å². The molecular weight excluding hydrogens is 412 g/mol. The molecule has 1 rings (SSSR count). The molecule has 188 valence electrons. The minimum atomic E-state index is -0.144. The number of nitrogens with zero attached hydrogens (tertiary/aromatic N) is 1. The highest BCUT2D eigenvalue weighted by atomic mass is 16.5. The van der Waals surface area contributed by atoms with E-state index in [-0.39, 0.29) is 42.7 Å². The average molecular weight is 459 g/mol. The Morgan fingerprint density at radius 2 is 1.66 bits per heavy atom. The van der Waals surface area contributed by atoms with Gasteiger partial charge in [-0.1, -0.05) is 0 Å². The molecule has 32 heavy (non-hydrogen) atoms. The molecule has 0 bridgehead atoms. The Morgan fingerprint density at radius 3 is 2.31 bits per heavy atom. The van der Waals surface area contributed by atoms with E-state index in [2.05, 4.69) is 40.4 Å². The maximum atomic E-state index is 12.7. The molecule has 1 aliphatic heterocycles. The van der Waals surface area contributed by atoms with Crippen molar-refractivity contribution in [2.75, 3.05) is 46.2 Å². The molecule has 0 radical (unpaired) electrons. The van der Waals surface area contributed by atoms with Crippen molar-refractivity contribution in [1.29, 1.82) is 0 Å². The minimum absolute atomic E-state index is 0.00255. The minimum Gasteiger partial charge on any atom is -0.377 e. The predicted octanol–water partition coefficient (Wildman–Crippen LogP) is -0.0485. The van der Waals surface area contributed by atoms with Gasteiger partial charge in [0.2, 0.25) is 11.8 Å². The lowest BCUT2D eigenvalue weighted by molar-refractivity contribution is -0.135. The van der Waals surface area contributed by atoms with Crippen LogP contribution in [0.15, 0.2) is 0 Å². The predicted molar refractivity (Wildman–Crippen MR) is 126 cm³/mol. The molecule has 0 spiro atoms. The van der Waals surface area contributed by atoms with Crippen molar-refractivity contribution in [2.45, 2.75) is 84.8 Å². The molecule has 0 unspecified atom stereocenters. The van der Waals surface area contributed by atoms with Crippen LogP contribution in [-0.2, 0) is 19.1 Å². The van der Waals surface area contributed by atoms with Crippen molar-refractivity contribution in [1.82, 2.24) is 31.5 Å². The van der Waals surface area contributed by atoms with Crippen LogP contribution in [0.1, 0.15) is 54.4 Å². The van der Waals surface area contributed by atoms with Gasteiger partial charge < -0.3 is 30.3 Å². The Labute approximate surface area is 193 Å². The summed E-state index contributed by atoms with van der Waals surface area (Å²) in [6.45, 7) is 15.7. The van der Waals surface area contributed by atoms with E-state index in [0.717, 1.165) is 13.1 Å². The fourth-order valence-corrected chi connectivity index (χ4v) is 3.36. The normalized spacial score (nSPS) is 18.8. The van der Waals surface area contributed by atoms with E-state index < -0.39 is 0 Å². The topological polar surface area (TPSA) is 116 Å². The van der Waals surface area contributed by atoms with Crippen LogP contribution < -0.4 is 26.6 Å². The first-order valence-electron chi connectivity index (χ1n) is 11.9. The zero-order valence-electron chi connectivity index (χ0n) is 20.8. The van der Waals surface area contributed by atoms with E-state index >= 15 is 0 Å². The fourth-order valence-electron chi connectivity index (χ4n) is 3.36. The Morgan fingerprint density at radius 1 is 0.969 bits per heavy atom. The van der Waals surface area contributed by atoms with Gasteiger partial charge >= 0.3 is 0 Å². The monoisotopic (exact) mass is 458 g/mol. The van der Waals surface area contributed by atoms with Gasteiger partial charge in [0.25, 0.3) is 0 Å². The van der Waals surface area contributed by atoms with E-state index in [1.54, 1.807) is 4.90 Å². The third-order valence-electron chi connectivity index (χ3n) is 4.88. The van der Waals surface area contributed by atoms with Crippen LogP contribution in [-0.4, -0.2) is 93.4 Å². The highest BCUT2D eigenvalue weighted by Gasteiger charge is 2.36. The van der Waals surface area contributed by atoms with Crippen LogP contribution in [0.5, 0.6) is 0 Å². The molecule has 0 aromatic heterocycles. The molecule has 1 fully saturated rings. The van der Waals surface area contributed by atoms with Crippen molar-refractivity contribution < 1.29 is 19.1 Å². The number of hydrogen-bond donors (Lipinski definition) is 5. The van der Waals surface area contributed by atoms with Gasteiger partial charge in [0.15, 0.2) is 0 Å². The van der Waals surface area contributed by atoms with Gasteiger partial charge in [-0.2, -0.15) is 0 Å². The van der Waals surface area contributed by atoms with Crippen LogP contribution in [0.4, 0.5) is 0 Å². The standard InChI is InChI=1S/C22H46N6O4/c1-16(2)27-15-25-14-24-13-23-8-7-21(29)26-10-22(30)28-11-20(32-18(5)6)9-19(28)12-31-17(3)4/h16-20,23-25,27H,7-15H2,1-6H3,(H,26,29)/t19-,20+/m0/s1. The van der Waals surface area contributed by atoms with Gasteiger partial charge in [-0.3, -0.25) is 20.2 Å².